The molecule has 1 fully saturated rings. The molecule has 0 radical (unpaired) electrons. The third kappa shape index (κ3) is 4.01. The predicted octanol–water partition coefficient (Wildman–Crippen LogP) is 5.92. The van der Waals surface area contributed by atoms with Crippen molar-refractivity contribution >= 4 is 10.8 Å². The Balaban J connectivity index is 1.56. The fourth-order valence-corrected chi connectivity index (χ4v) is 5.77. The van der Waals surface area contributed by atoms with E-state index >= 15 is 0 Å². The number of halogens is 2. The number of H-pyrrole nitrogens is 1. The van der Waals surface area contributed by atoms with Gasteiger partial charge in [0.15, 0.2) is 0 Å². The van der Waals surface area contributed by atoms with Gasteiger partial charge in [-0.3, -0.25) is 4.79 Å². The number of hydrogen-bond donors (Lipinski definition) is 2. The van der Waals surface area contributed by atoms with Crippen LogP contribution in [0.15, 0.2) is 46.9 Å². The minimum atomic E-state index is -0.503. The summed E-state index contributed by atoms with van der Waals surface area (Å²) in [7, 11) is 0. The van der Waals surface area contributed by atoms with Crippen molar-refractivity contribution < 1.29 is 13.5 Å². The van der Waals surface area contributed by atoms with Gasteiger partial charge >= 0.3 is 0 Å². The van der Waals surface area contributed by atoms with Gasteiger partial charge in [0.1, 0.15) is 17.4 Å². The zero-order chi connectivity index (χ0) is 23.0. The standard InChI is InChI=1S/C26H32F2N2O2/c1-4-23(29)26(17-12-18(27)14-19(28)13-17)8-5-20(6-9-26)32-24-15(2)11-22-21(16(24)3)7-10-30-25(22)31/h7,10-12,14,17,20,23H,4-6,8-9,13,29H2,1-3H3,(H,30,31). The van der Waals surface area contributed by atoms with E-state index in [1.54, 1.807) is 12.3 Å². The zero-order valence-corrected chi connectivity index (χ0v) is 19.0. The minimum Gasteiger partial charge on any atom is -0.490 e. The van der Waals surface area contributed by atoms with Crippen LogP contribution in [0.25, 0.3) is 10.8 Å². The first kappa shape index (κ1) is 22.7. The summed E-state index contributed by atoms with van der Waals surface area (Å²) in [4.78, 5) is 14.9. The molecule has 2 aromatic rings. The van der Waals surface area contributed by atoms with E-state index in [1.165, 1.54) is 0 Å². The SMILES string of the molecule is CCC(N)C1(C2C=C(F)C=C(F)C2)CCC(Oc2c(C)cc3c(=O)[nH]ccc3c2C)CC1. The normalized spacial score (nSPS) is 27.1. The molecule has 172 valence electrons. The van der Waals surface area contributed by atoms with E-state index in [0.717, 1.165) is 60.4 Å². The fraction of sp³-hybridized carbons (Fsp3) is 0.500. The highest BCUT2D eigenvalue weighted by molar-refractivity contribution is 5.87. The molecule has 1 saturated carbocycles. The molecule has 2 aliphatic carbocycles. The Hall–Kier alpha value is -2.47. The third-order valence-corrected chi connectivity index (χ3v) is 7.60. The van der Waals surface area contributed by atoms with Crippen molar-refractivity contribution in [2.45, 2.75) is 71.4 Å². The molecule has 0 spiro atoms. The molecule has 2 atom stereocenters. The van der Waals surface area contributed by atoms with E-state index in [9.17, 15) is 13.6 Å². The summed E-state index contributed by atoms with van der Waals surface area (Å²) in [5, 5.41) is 1.55. The molecule has 2 aliphatic rings. The van der Waals surface area contributed by atoms with Crippen LogP contribution in [0.2, 0.25) is 0 Å². The molecule has 0 saturated heterocycles. The second-order valence-electron chi connectivity index (χ2n) is 9.43. The Kier molecular flexibility index (Phi) is 6.26. The van der Waals surface area contributed by atoms with Crippen molar-refractivity contribution in [3.8, 4) is 5.75 Å². The maximum absolute atomic E-state index is 14.1. The summed E-state index contributed by atoms with van der Waals surface area (Å²) >= 11 is 0. The number of benzene rings is 1. The van der Waals surface area contributed by atoms with Gasteiger partial charge in [-0.15, -0.1) is 0 Å². The monoisotopic (exact) mass is 442 g/mol. The number of aromatic nitrogens is 1. The lowest BCUT2D eigenvalue weighted by molar-refractivity contribution is 0.0260. The summed E-state index contributed by atoms with van der Waals surface area (Å²) in [6.45, 7) is 5.97. The molecule has 1 aromatic heterocycles. The Labute approximate surface area is 187 Å². The number of fused-ring (bicyclic) bond motifs is 1. The molecule has 0 amide bonds. The number of rotatable bonds is 5. The molecule has 2 unspecified atom stereocenters. The molecule has 1 heterocycles. The van der Waals surface area contributed by atoms with E-state index in [0.29, 0.717) is 5.39 Å². The van der Waals surface area contributed by atoms with Gasteiger partial charge in [0, 0.05) is 30.1 Å². The molecule has 1 aromatic carbocycles. The fourth-order valence-electron chi connectivity index (χ4n) is 5.77. The van der Waals surface area contributed by atoms with Crippen LogP contribution in [0, 0.1) is 25.2 Å². The molecule has 6 heteroatoms. The maximum atomic E-state index is 14.1. The molecule has 3 N–H and O–H groups in total. The van der Waals surface area contributed by atoms with E-state index in [4.69, 9.17) is 10.5 Å². The Bertz CT molecular complexity index is 1130. The van der Waals surface area contributed by atoms with Gasteiger partial charge in [-0.05, 0) is 92.0 Å². The molecular formula is C26H32F2N2O2. The molecule has 0 aliphatic heterocycles. The number of allylic oxidation sites excluding steroid dienone is 4. The third-order valence-electron chi connectivity index (χ3n) is 7.60. The van der Waals surface area contributed by atoms with Gasteiger partial charge < -0.3 is 15.5 Å². The number of aryl methyl sites for hydroxylation is 2. The van der Waals surface area contributed by atoms with Crippen LogP contribution in [-0.2, 0) is 0 Å². The second kappa shape index (κ2) is 8.81. The first-order valence-corrected chi connectivity index (χ1v) is 11.5. The van der Waals surface area contributed by atoms with E-state index in [2.05, 4.69) is 4.98 Å². The molecule has 0 bridgehead atoms. The first-order valence-electron chi connectivity index (χ1n) is 11.5. The van der Waals surface area contributed by atoms with Crippen LogP contribution in [-0.4, -0.2) is 17.1 Å². The number of ether oxygens (including phenoxy) is 1. The predicted molar refractivity (Wildman–Crippen MR) is 124 cm³/mol. The van der Waals surface area contributed by atoms with Gasteiger partial charge in [0.25, 0.3) is 5.56 Å². The number of hydrogen-bond acceptors (Lipinski definition) is 3. The molecule has 4 rings (SSSR count). The second-order valence-corrected chi connectivity index (χ2v) is 9.43. The number of aromatic amines is 1. The Morgan fingerprint density at radius 2 is 1.97 bits per heavy atom. The summed E-state index contributed by atoms with van der Waals surface area (Å²) in [6.07, 6.45) is 8.25. The van der Waals surface area contributed by atoms with Crippen LogP contribution in [0.5, 0.6) is 5.75 Å². The highest BCUT2D eigenvalue weighted by atomic mass is 19.1. The van der Waals surface area contributed by atoms with E-state index < -0.39 is 11.7 Å². The van der Waals surface area contributed by atoms with Gasteiger partial charge in [-0.25, -0.2) is 8.78 Å². The maximum Gasteiger partial charge on any atom is 0.255 e. The van der Waals surface area contributed by atoms with Crippen LogP contribution in [0.4, 0.5) is 8.78 Å². The highest BCUT2D eigenvalue weighted by Gasteiger charge is 2.46. The van der Waals surface area contributed by atoms with E-state index in [-0.39, 0.29) is 35.5 Å². The number of nitrogens with one attached hydrogen (secondary N) is 1. The summed E-state index contributed by atoms with van der Waals surface area (Å²) in [5.74, 6) is -0.331. The highest BCUT2D eigenvalue weighted by Crippen LogP contribution is 2.50. The average molecular weight is 443 g/mol. The van der Waals surface area contributed by atoms with Crippen molar-refractivity contribution in [3.63, 3.8) is 0 Å². The number of nitrogens with two attached hydrogens (primary N) is 1. The van der Waals surface area contributed by atoms with Crippen LogP contribution < -0.4 is 16.0 Å². The van der Waals surface area contributed by atoms with Crippen molar-refractivity contribution in [1.29, 1.82) is 0 Å². The lowest BCUT2D eigenvalue weighted by Gasteiger charge is -2.48. The van der Waals surface area contributed by atoms with E-state index in [1.807, 2.05) is 32.9 Å². The van der Waals surface area contributed by atoms with Crippen LogP contribution in [0.3, 0.4) is 0 Å². The summed E-state index contributed by atoms with van der Waals surface area (Å²) in [5.41, 5.74) is 8.00. The van der Waals surface area contributed by atoms with Gasteiger partial charge in [-0.1, -0.05) is 6.92 Å². The summed E-state index contributed by atoms with van der Waals surface area (Å²) in [6, 6.07) is 3.65. The quantitative estimate of drug-likeness (QED) is 0.604. The first-order chi connectivity index (χ1) is 15.2. The zero-order valence-electron chi connectivity index (χ0n) is 19.0. The molecule has 32 heavy (non-hydrogen) atoms. The van der Waals surface area contributed by atoms with Crippen molar-refractivity contribution in [3.05, 3.63) is 63.6 Å². The van der Waals surface area contributed by atoms with Gasteiger partial charge in [0.2, 0.25) is 0 Å². The van der Waals surface area contributed by atoms with Crippen molar-refractivity contribution in [2.24, 2.45) is 17.1 Å². The topological polar surface area (TPSA) is 68.1 Å². The Morgan fingerprint density at radius 1 is 1.25 bits per heavy atom. The average Bonchev–Trinajstić information content (AvgIpc) is 2.76. The minimum absolute atomic E-state index is 0.00170. The number of pyridine rings is 1. The lowest BCUT2D eigenvalue weighted by Crippen LogP contribution is -2.50. The smallest absolute Gasteiger partial charge is 0.255 e. The Morgan fingerprint density at radius 3 is 2.62 bits per heavy atom. The van der Waals surface area contributed by atoms with Crippen LogP contribution >= 0.6 is 0 Å². The lowest BCUT2D eigenvalue weighted by atomic mass is 9.59. The largest absolute Gasteiger partial charge is 0.490 e. The molecule has 4 nitrogen and oxygen atoms in total. The summed E-state index contributed by atoms with van der Waals surface area (Å²) < 4.78 is 34.6. The molecular weight excluding hydrogens is 410 g/mol. The van der Waals surface area contributed by atoms with Crippen molar-refractivity contribution in [2.75, 3.05) is 0 Å². The van der Waals surface area contributed by atoms with Gasteiger partial charge in [0.05, 0.1) is 6.10 Å². The van der Waals surface area contributed by atoms with Crippen LogP contribution in [0.1, 0.15) is 56.6 Å². The van der Waals surface area contributed by atoms with Gasteiger partial charge in [-0.2, -0.15) is 0 Å². The van der Waals surface area contributed by atoms with Crippen molar-refractivity contribution in [1.82, 2.24) is 4.98 Å².